The van der Waals surface area contributed by atoms with Gasteiger partial charge >= 0.3 is 0 Å². The Bertz CT molecular complexity index is 1450. The number of anilines is 2. The lowest BCUT2D eigenvalue weighted by Gasteiger charge is -2.39. The van der Waals surface area contributed by atoms with Crippen LogP contribution in [0.25, 0.3) is 22.2 Å². The lowest BCUT2D eigenvalue weighted by Crippen LogP contribution is -2.51. The molecule has 41 heavy (non-hydrogen) atoms. The summed E-state index contributed by atoms with van der Waals surface area (Å²) < 4.78 is 20.4. The first-order valence-corrected chi connectivity index (χ1v) is 14.2. The summed E-state index contributed by atoms with van der Waals surface area (Å²) in [6.07, 6.45) is 4.69. The van der Waals surface area contributed by atoms with Gasteiger partial charge in [0.25, 0.3) is 0 Å². The highest BCUT2D eigenvalue weighted by atomic mass is 35.5. The minimum absolute atomic E-state index is 0.143. The van der Waals surface area contributed by atoms with Crippen molar-refractivity contribution in [1.29, 1.82) is 0 Å². The summed E-state index contributed by atoms with van der Waals surface area (Å²) in [6, 6.07) is 14.0. The van der Waals surface area contributed by atoms with Gasteiger partial charge in [0.2, 0.25) is 0 Å². The highest BCUT2D eigenvalue weighted by Gasteiger charge is 2.23. The largest absolute Gasteiger partial charge is 0.492 e. The molecule has 1 aliphatic rings. The average Bonchev–Trinajstić information content (AvgIpc) is 2.99. The summed E-state index contributed by atoms with van der Waals surface area (Å²) in [7, 11) is 0. The summed E-state index contributed by atoms with van der Waals surface area (Å²) in [5.74, 6) is 0.325. The van der Waals surface area contributed by atoms with E-state index in [2.05, 4.69) is 30.3 Å². The quantitative estimate of drug-likeness (QED) is 0.225. The summed E-state index contributed by atoms with van der Waals surface area (Å²) in [5.41, 5.74) is 2.92. The fourth-order valence-electron chi connectivity index (χ4n) is 5.19. The van der Waals surface area contributed by atoms with E-state index in [-0.39, 0.29) is 24.8 Å². The van der Waals surface area contributed by atoms with Crippen LogP contribution < -0.4 is 10.1 Å². The maximum Gasteiger partial charge on any atom is 0.132 e. The molecule has 1 fully saturated rings. The highest BCUT2D eigenvalue weighted by Crippen LogP contribution is 2.30. The number of rotatable bonds is 12. The zero-order valence-electron chi connectivity index (χ0n) is 22.7. The van der Waals surface area contributed by atoms with Gasteiger partial charge in [0.1, 0.15) is 18.2 Å². The molecule has 0 unspecified atom stereocenters. The van der Waals surface area contributed by atoms with Gasteiger partial charge in [0.15, 0.2) is 0 Å². The topological polar surface area (TPSA) is 107 Å². The van der Waals surface area contributed by atoms with E-state index in [1.807, 2.05) is 24.3 Å². The minimum atomic E-state index is -0.422. The Morgan fingerprint density at radius 3 is 2.59 bits per heavy atom. The van der Waals surface area contributed by atoms with E-state index in [1.165, 1.54) is 18.2 Å². The number of aromatic nitrogens is 3. The van der Waals surface area contributed by atoms with Crippen LogP contribution >= 0.6 is 11.6 Å². The third-order valence-electron chi connectivity index (χ3n) is 7.38. The Balaban J connectivity index is 1.18. The number of halogens is 2. The van der Waals surface area contributed by atoms with Crippen molar-refractivity contribution in [3.63, 3.8) is 0 Å². The van der Waals surface area contributed by atoms with Crippen molar-refractivity contribution in [2.24, 2.45) is 0 Å². The van der Waals surface area contributed by atoms with E-state index in [1.54, 1.807) is 18.5 Å². The lowest BCUT2D eigenvalue weighted by molar-refractivity contribution is 0.0642. The normalized spacial score (nSPS) is 14.6. The van der Waals surface area contributed by atoms with Crippen molar-refractivity contribution in [1.82, 2.24) is 25.0 Å². The SMILES string of the molecule is OCCC(CCO)N1CCN(CCOc2ccc3c(Nc4cnnc(-c5cc(Cl)ccc5F)c4)ccnc3c2)CC1. The highest BCUT2D eigenvalue weighted by molar-refractivity contribution is 6.30. The molecule has 2 aromatic carbocycles. The minimum Gasteiger partial charge on any atom is -0.492 e. The van der Waals surface area contributed by atoms with Crippen molar-refractivity contribution in [3.8, 4) is 17.0 Å². The average molecular weight is 581 g/mol. The molecule has 0 saturated carbocycles. The molecule has 0 bridgehead atoms. The monoisotopic (exact) mass is 580 g/mol. The number of aliphatic hydroxyl groups excluding tert-OH is 2. The Hall–Kier alpha value is -3.41. The molecular formula is C30H34ClFN6O3. The van der Waals surface area contributed by atoms with Crippen molar-refractivity contribution in [3.05, 3.63) is 71.8 Å². The molecule has 11 heteroatoms. The van der Waals surface area contributed by atoms with Gasteiger partial charge in [-0.15, -0.1) is 0 Å². The van der Waals surface area contributed by atoms with Crippen LogP contribution in [0.2, 0.25) is 5.02 Å². The molecule has 2 aromatic heterocycles. The van der Waals surface area contributed by atoms with Crippen LogP contribution in [0.5, 0.6) is 5.75 Å². The number of ether oxygens (including phenoxy) is 1. The summed E-state index contributed by atoms with van der Waals surface area (Å²) in [5, 5.41) is 31.4. The fraction of sp³-hybridized carbons (Fsp3) is 0.367. The maximum atomic E-state index is 14.4. The van der Waals surface area contributed by atoms with E-state index in [4.69, 9.17) is 16.3 Å². The number of fused-ring (bicyclic) bond motifs is 1. The second kappa shape index (κ2) is 14.0. The number of hydrogen-bond acceptors (Lipinski definition) is 9. The first-order chi connectivity index (χ1) is 20.0. The van der Waals surface area contributed by atoms with Crippen LogP contribution in [0.3, 0.4) is 0 Å². The Labute approximate surface area is 243 Å². The molecule has 216 valence electrons. The number of hydrogen-bond donors (Lipinski definition) is 3. The second-order valence-corrected chi connectivity index (χ2v) is 10.5. The van der Waals surface area contributed by atoms with Crippen LogP contribution in [-0.2, 0) is 0 Å². The number of nitrogens with zero attached hydrogens (tertiary/aromatic N) is 5. The van der Waals surface area contributed by atoms with Crippen molar-refractivity contribution in [2.45, 2.75) is 18.9 Å². The van der Waals surface area contributed by atoms with Crippen molar-refractivity contribution in [2.75, 3.05) is 57.9 Å². The van der Waals surface area contributed by atoms with Crippen LogP contribution in [0, 0.1) is 5.82 Å². The second-order valence-electron chi connectivity index (χ2n) is 10.0. The fourth-order valence-corrected chi connectivity index (χ4v) is 5.37. The lowest BCUT2D eigenvalue weighted by atomic mass is 10.1. The molecule has 1 saturated heterocycles. The van der Waals surface area contributed by atoms with Crippen molar-refractivity contribution < 1.29 is 19.3 Å². The number of piperazine rings is 1. The summed E-state index contributed by atoms with van der Waals surface area (Å²) in [6.45, 7) is 5.36. The van der Waals surface area contributed by atoms with Gasteiger partial charge < -0.3 is 20.3 Å². The molecule has 3 heterocycles. The molecule has 0 spiro atoms. The van der Waals surface area contributed by atoms with Crippen LogP contribution in [0.15, 0.2) is 60.9 Å². The number of pyridine rings is 1. The van der Waals surface area contributed by atoms with Crippen molar-refractivity contribution >= 4 is 33.9 Å². The molecular weight excluding hydrogens is 547 g/mol. The van der Waals surface area contributed by atoms with Gasteiger partial charge in [-0.25, -0.2) is 4.39 Å². The smallest absolute Gasteiger partial charge is 0.132 e. The molecule has 0 aliphatic carbocycles. The van der Waals surface area contributed by atoms with E-state index in [0.29, 0.717) is 35.9 Å². The van der Waals surface area contributed by atoms with Gasteiger partial charge in [-0.1, -0.05) is 11.6 Å². The first kappa shape index (κ1) is 29.1. The van der Waals surface area contributed by atoms with E-state index >= 15 is 0 Å². The number of nitrogens with one attached hydrogen (secondary N) is 1. The van der Waals surface area contributed by atoms with Crippen LogP contribution in [0.4, 0.5) is 15.8 Å². The summed E-state index contributed by atoms with van der Waals surface area (Å²) in [4.78, 5) is 9.26. The zero-order chi connectivity index (χ0) is 28.6. The predicted molar refractivity (Wildman–Crippen MR) is 158 cm³/mol. The molecule has 0 radical (unpaired) electrons. The van der Waals surface area contributed by atoms with E-state index in [0.717, 1.165) is 55.1 Å². The molecule has 4 aromatic rings. The van der Waals surface area contributed by atoms with Crippen LogP contribution in [-0.4, -0.2) is 93.8 Å². The Morgan fingerprint density at radius 2 is 1.80 bits per heavy atom. The Kier molecular flexibility index (Phi) is 9.92. The molecule has 3 N–H and O–H groups in total. The standard InChI is InChI=1S/C30H34ClFN6O3/c31-21-1-4-27(32)26(17-21)30-18-22(20-34-36-30)35-28-5-8-33-29-19-24(2-3-25(28)29)41-16-13-37-9-11-38(12-10-37)23(6-14-39)7-15-40/h1-5,8,17-20,23,39-40H,6-7,9-16H2,(H,33,35,36). The zero-order valence-corrected chi connectivity index (χ0v) is 23.5. The summed E-state index contributed by atoms with van der Waals surface area (Å²) >= 11 is 6.05. The van der Waals surface area contributed by atoms with E-state index in [9.17, 15) is 14.6 Å². The number of aliphatic hydroxyl groups is 2. The first-order valence-electron chi connectivity index (χ1n) is 13.8. The number of benzene rings is 2. The maximum absolute atomic E-state index is 14.4. The van der Waals surface area contributed by atoms with Gasteiger partial charge in [0, 0.05) is 85.9 Å². The molecule has 9 nitrogen and oxygen atoms in total. The van der Waals surface area contributed by atoms with Gasteiger partial charge in [-0.2, -0.15) is 10.2 Å². The van der Waals surface area contributed by atoms with Gasteiger partial charge in [-0.05, 0) is 55.3 Å². The Morgan fingerprint density at radius 1 is 1.00 bits per heavy atom. The van der Waals surface area contributed by atoms with Crippen LogP contribution in [0.1, 0.15) is 12.8 Å². The molecule has 1 aliphatic heterocycles. The molecule has 0 atom stereocenters. The van der Waals surface area contributed by atoms with Gasteiger partial charge in [0.05, 0.1) is 23.1 Å². The van der Waals surface area contributed by atoms with Gasteiger partial charge in [-0.3, -0.25) is 14.8 Å². The third-order valence-corrected chi connectivity index (χ3v) is 7.61. The van der Waals surface area contributed by atoms with E-state index < -0.39 is 5.82 Å². The third kappa shape index (κ3) is 7.46. The molecule has 0 amide bonds. The predicted octanol–water partition coefficient (Wildman–Crippen LogP) is 4.36. The molecule has 5 rings (SSSR count).